The molecule has 0 aliphatic carbocycles. The summed E-state index contributed by atoms with van der Waals surface area (Å²) >= 11 is 5.87. The fourth-order valence-corrected chi connectivity index (χ4v) is 2.57. The third kappa shape index (κ3) is 3.30. The number of nitrogens with zero attached hydrogens (tertiary/aromatic N) is 2. The zero-order valence-electron chi connectivity index (χ0n) is 13.0. The summed E-state index contributed by atoms with van der Waals surface area (Å²) in [6, 6.07) is 19.2. The highest BCUT2D eigenvalue weighted by atomic mass is 35.5. The molecule has 4 rings (SSSR count). The number of benzene rings is 3. The van der Waals surface area contributed by atoms with E-state index in [0.717, 1.165) is 11.3 Å². The highest BCUT2D eigenvalue weighted by Gasteiger charge is 2.12. The molecule has 0 bridgehead atoms. The maximum absolute atomic E-state index is 13.9. The van der Waals surface area contributed by atoms with Crippen LogP contribution in [0.25, 0.3) is 22.6 Å². The van der Waals surface area contributed by atoms with E-state index in [4.69, 9.17) is 16.0 Å². The molecule has 0 aliphatic rings. The van der Waals surface area contributed by atoms with Crippen molar-refractivity contribution in [1.82, 2.24) is 4.98 Å². The number of oxazole rings is 1. The molecule has 0 atom stereocenters. The molecule has 0 amide bonds. The van der Waals surface area contributed by atoms with Crippen LogP contribution in [0.3, 0.4) is 0 Å². The maximum Gasteiger partial charge on any atom is 0.230 e. The van der Waals surface area contributed by atoms with E-state index in [1.165, 1.54) is 6.07 Å². The van der Waals surface area contributed by atoms with Gasteiger partial charge in [0.1, 0.15) is 11.3 Å². The van der Waals surface area contributed by atoms with Gasteiger partial charge in [0, 0.05) is 11.2 Å². The lowest BCUT2D eigenvalue weighted by Crippen LogP contribution is -1.82. The smallest absolute Gasteiger partial charge is 0.230 e. The van der Waals surface area contributed by atoms with Crippen molar-refractivity contribution in [1.29, 1.82) is 0 Å². The van der Waals surface area contributed by atoms with Crippen molar-refractivity contribution in [2.45, 2.75) is 0 Å². The Balaban J connectivity index is 1.66. The molecule has 0 aliphatic heterocycles. The first-order chi connectivity index (χ1) is 12.2. The lowest BCUT2D eigenvalue weighted by Gasteiger charge is -1.95. The molecule has 0 saturated heterocycles. The van der Waals surface area contributed by atoms with Gasteiger partial charge in [-0.05, 0) is 48.0 Å². The van der Waals surface area contributed by atoms with Crippen molar-refractivity contribution in [2.75, 3.05) is 0 Å². The van der Waals surface area contributed by atoms with E-state index in [1.807, 2.05) is 30.3 Å². The van der Waals surface area contributed by atoms with Gasteiger partial charge in [0.2, 0.25) is 5.89 Å². The van der Waals surface area contributed by atoms with Crippen LogP contribution in [0.5, 0.6) is 0 Å². The first-order valence-corrected chi connectivity index (χ1v) is 8.02. The van der Waals surface area contributed by atoms with Crippen molar-refractivity contribution in [3.8, 4) is 11.5 Å². The molecule has 5 heteroatoms. The van der Waals surface area contributed by atoms with Gasteiger partial charge < -0.3 is 4.42 Å². The molecule has 0 N–H and O–H groups in total. The molecule has 122 valence electrons. The van der Waals surface area contributed by atoms with Crippen molar-refractivity contribution in [2.24, 2.45) is 4.99 Å². The van der Waals surface area contributed by atoms with Crippen LogP contribution in [-0.4, -0.2) is 11.2 Å². The summed E-state index contributed by atoms with van der Waals surface area (Å²) < 4.78 is 19.5. The monoisotopic (exact) mass is 350 g/mol. The Hall–Kier alpha value is -2.98. The highest BCUT2D eigenvalue weighted by molar-refractivity contribution is 6.30. The molecule has 3 aromatic carbocycles. The molecule has 3 nitrogen and oxygen atoms in total. The van der Waals surface area contributed by atoms with Crippen LogP contribution in [0.15, 0.2) is 76.1 Å². The molecule has 1 heterocycles. The second-order valence-electron chi connectivity index (χ2n) is 5.46. The van der Waals surface area contributed by atoms with Crippen LogP contribution in [0, 0.1) is 5.82 Å². The van der Waals surface area contributed by atoms with E-state index in [2.05, 4.69) is 9.98 Å². The predicted octanol–water partition coefficient (Wildman–Crippen LogP) is 6.04. The van der Waals surface area contributed by atoms with E-state index in [9.17, 15) is 4.39 Å². The predicted molar refractivity (Wildman–Crippen MR) is 98.1 cm³/mol. The van der Waals surface area contributed by atoms with Gasteiger partial charge >= 0.3 is 0 Å². The van der Waals surface area contributed by atoms with Gasteiger partial charge in [0.25, 0.3) is 0 Å². The molecule has 25 heavy (non-hydrogen) atoms. The number of hydrogen-bond donors (Lipinski definition) is 0. The Kier molecular flexibility index (Phi) is 4.04. The molecule has 0 saturated carbocycles. The molecule has 0 spiro atoms. The minimum atomic E-state index is -0.366. The first-order valence-electron chi connectivity index (χ1n) is 7.64. The maximum atomic E-state index is 13.9. The Morgan fingerprint density at radius 2 is 1.80 bits per heavy atom. The van der Waals surface area contributed by atoms with Crippen LogP contribution in [0.1, 0.15) is 5.56 Å². The second-order valence-corrected chi connectivity index (χ2v) is 5.90. The van der Waals surface area contributed by atoms with Gasteiger partial charge in [0.15, 0.2) is 5.58 Å². The summed E-state index contributed by atoms with van der Waals surface area (Å²) in [7, 11) is 0. The quantitative estimate of drug-likeness (QED) is 0.422. The SMILES string of the molecule is Fc1ccccc1-c1nc2cc(N=Cc3ccc(Cl)cc3)ccc2o1. The van der Waals surface area contributed by atoms with Gasteiger partial charge in [-0.1, -0.05) is 35.9 Å². The Morgan fingerprint density at radius 3 is 2.60 bits per heavy atom. The van der Waals surface area contributed by atoms with E-state index < -0.39 is 0 Å². The third-order valence-electron chi connectivity index (χ3n) is 3.71. The van der Waals surface area contributed by atoms with Crippen LogP contribution in [-0.2, 0) is 0 Å². The molecular formula is C20H12ClFN2O. The number of aromatic nitrogens is 1. The van der Waals surface area contributed by atoms with Crippen molar-refractivity contribution in [3.63, 3.8) is 0 Å². The normalized spacial score (nSPS) is 11.4. The molecule has 0 radical (unpaired) electrons. The Labute approximate surface area is 148 Å². The number of rotatable bonds is 3. The van der Waals surface area contributed by atoms with Crippen LogP contribution in [0.2, 0.25) is 5.02 Å². The van der Waals surface area contributed by atoms with Gasteiger partial charge in [-0.3, -0.25) is 4.99 Å². The summed E-state index contributed by atoms with van der Waals surface area (Å²) in [6.07, 6.45) is 1.75. The third-order valence-corrected chi connectivity index (χ3v) is 3.96. The fourth-order valence-electron chi connectivity index (χ4n) is 2.44. The first kappa shape index (κ1) is 15.5. The zero-order chi connectivity index (χ0) is 17.2. The summed E-state index contributed by atoms with van der Waals surface area (Å²) in [4.78, 5) is 8.81. The lowest BCUT2D eigenvalue weighted by molar-refractivity contribution is 0.593. The van der Waals surface area contributed by atoms with Gasteiger partial charge in [0.05, 0.1) is 11.3 Å². The largest absolute Gasteiger partial charge is 0.436 e. The van der Waals surface area contributed by atoms with E-state index in [1.54, 1.807) is 36.5 Å². The van der Waals surface area contributed by atoms with E-state index >= 15 is 0 Å². The van der Waals surface area contributed by atoms with Crippen molar-refractivity contribution >= 4 is 34.6 Å². The van der Waals surface area contributed by atoms with Crippen LogP contribution < -0.4 is 0 Å². The van der Waals surface area contributed by atoms with Gasteiger partial charge in [-0.2, -0.15) is 0 Å². The van der Waals surface area contributed by atoms with Crippen LogP contribution in [0.4, 0.5) is 10.1 Å². The van der Waals surface area contributed by atoms with Crippen molar-refractivity contribution in [3.05, 3.63) is 83.1 Å². The number of aliphatic imine (C=N–C) groups is 1. The van der Waals surface area contributed by atoms with Gasteiger partial charge in [-0.15, -0.1) is 0 Å². The summed E-state index contributed by atoms with van der Waals surface area (Å²) in [5.74, 6) is -0.109. The average Bonchev–Trinajstić information content (AvgIpc) is 3.04. The fraction of sp³-hybridized carbons (Fsp3) is 0. The summed E-state index contributed by atoms with van der Waals surface area (Å²) in [5.41, 5.74) is 3.23. The molecule has 0 unspecified atom stereocenters. The standard InChI is InChI=1S/C20H12ClFN2O/c21-14-7-5-13(6-8-14)12-23-15-9-10-19-18(11-15)24-20(25-19)16-3-1-2-4-17(16)22/h1-12H. The topological polar surface area (TPSA) is 38.4 Å². The summed E-state index contributed by atoms with van der Waals surface area (Å²) in [6.45, 7) is 0. The molecular weight excluding hydrogens is 339 g/mol. The van der Waals surface area contributed by atoms with Crippen molar-refractivity contribution < 1.29 is 8.81 Å². The number of hydrogen-bond acceptors (Lipinski definition) is 3. The Bertz CT molecular complexity index is 1070. The zero-order valence-corrected chi connectivity index (χ0v) is 13.7. The van der Waals surface area contributed by atoms with E-state index in [0.29, 0.717) is 21.7 Å². The number of halogens is 2. The van der Waals surface area contributed by atoms with Crippen LogP contribution >= 0.6 is 11.6 Å². The lowest BCUT2D eigenvalue weighted by atomic mass is 10.2. The highest BCUT2D eigenvalue weighted by Crippen LogP contribution is 2.28. The minimum Gasteiger partial charge on any atom is -0.436 e. The molecule has 1 aromatic heterocycles. The minimum absolute atomic E-state index is 0.256. The number of fused-ring (bicyclic) bond motifs is 1. The molecule has 0 fully saturated rings. The van der Waals surface area contributed by atoms with E-state index in [-0.39, 0.29) is 11.7 Å². The average molecular weight is 351 g/mol. The Morgan fingerprint density at radius 1 is 1.00 bits per heavy atom. The summed E-state index contributed by atoms with van der Waals surface area (Å²) in [5, 5.41) is 0.682. The molecule has 4 aromatic rings. The second kappa shape index (κ2) is 6.49. The van der Waals surface area contributed by atoms with Gasteiger partial charge in [-0.25, -0.2) is 9.37 Å².